The number of rotatable bonds is 3. The Bertz CT molecular complexity index is 366. The van der Waals surface area contributed by atoms with Gasteiger partial charge in [0, 0.05) is 18.2 Å². The van der Waals surface area contributed by atoms with Crippen LogP contribution in [0.5, 0.6) is 5.75 Å². The first-order chi connectivity index (χ1) is 7.38. The van der Waals surface area contributed by atoms with E-state index in [0.29, 0.717) is 0 Å². The minimum absolute atomic E-state index is 0.0103. The summed E-state index contributed by atoms with van der Waals surface area (Å²) in [6.45, 7) is -0.253. The lowest BCUT2D eigenvalue weighted by molar-refractivity contribution is -0.138. The van der Waals surface area contributed by atoms with Gasteiger partial charge in [0.1, 0.15) is 5.75 Å². The van der Waals surface area contributed by atoms with Crippen LogP contribution in [0.1, 0.15) is 23.6 Å². The molecule has 6 heteroatoms. The summed E-state index contributed by atoms with van der Waals surface area (Å²) in [5.74, 6) is -0.865. The molecule has 0 saturated carbocycles. The second kappa shape index (κ2) is 4.71. The molecule has 1 aromatic carbocycles. The van der Waals surface area contributed by atoms with Gasteiger partial charge in [0.2, 0.25) is 0 Å². The molecule has 0 heterocycles. The molecule has 4 N–H and O–H groups in total. The SMILES string of the molecule is NC(CCO)c1cccc(C(F)(F)F)c1O. The average Bonchev–Trinajstić information content (AvgIpc) is 2.16. The van der Waals surface area contributed by atoms with Crippen LogP contribution in [-0.2, 0) is 6.18 Å². The fourth-order valence-electron chi connectivity index (χ4n) is 1.38. The lowest BCUT2D eigenvalue weighted by atomic mass is 10.0. The van der Waals surface area contributed by atoms with Crippen molar-refractivity contribution in [1.82, 2.24) is 0 Å². The van der Waals surface area contributed by atoms with E-state index < -0.39 is 23.5 Å². The van der Waals surface area contributed by atoms with Crippen LogP contribution in [0.3, 0.4) is 0 Å². The minimum atomic E-state index is -4.61. The molecule has 0 aliphatic heterocycles. The molecule has 1 unspecified atom stereocenters. The molecule has 1 aromatic rings. The second-order valence-corrected chi connectivity index (χ2v) is 3.36. The minimum Gasteiger partial charge on any atom is -0.507 e. The van der Waals surface area contributed by atoms with Crippen molar-refractivity contribution in [3.8, 4) is 5.75 Å². The standard InChI is InChI=1S/C10H12F3NO2/c11-10(12,13)7-3-1-2-6(9(7)16)8(14)4-5-15/h1-3,8,15-16H,4-5,14H2. The highest BCUT2D eigenvalue weighted by atomic mass is 19.4. The number of para-hydroxylation sites is 1. The number of phenols is 1. The van der Waals surface area contributed by atoms with Crippen molar-refractivity contribution in [2.45, 2.75) is 18.6 Å². The van der Waals surface area contributed by atoms with E-state index in [2.05, 4.69) is 0 Å². The van der Waals surface area contributed by atoms with Gasteiger partial charge >= 0.3 is 6.18 Å². The third-order valence-electron chi connectivity index (χ3n) is 2.21. The molecule has 90 valence electrons. The van der Waals surface area contributed by atoms with E-state index in [-0.39, 0.29) is 18.6 Å². The fourth-order valence-corrected chi connectivity index (χ4v) is 1.38. The molecule has 16 heavy (non-hydrogen) atoms. The first-order valence-corrected chi connectivity index (χ1v) is 4.63. The zero-order valence-electron chi connectivity index (χ0n) is 8.33. The van der Waals surface area contributed by atoms with Crippen molar-refractivity contribution >= 4 is 0 Å². The van der Waals surface area contributed by atoms with E-state index in [9.17, 15) is 18.3 Å². The molecule has 3 nitrogen and oxygen atoms in total. The largest absolute Gasteiger partial charge is 0.507 e. The van der Waals surface area contributed by atoms with Crippen LogP contribution in [0.2, 0.25) is 0 Å². The molecule has 0 fully saturated rings. The summed E-state index contributed by atoms with van der Waals surface area (Å²) in [6, 6.07) is 2.46. The van der Waals surface area contributed by atoms with Crippen molar-refractivity contribution < 1.29 is 23.4 Å². The summed E-state index contributed by atoms with van der Waals surface area (Å²) in [5, 5.41) is 18.1. The Kier molecular flexibility index (Phi) is 3.77. The fraction of sp³-hybridized carbons (Fsp3) is 0.400. The summed E-state index contributed by atoms with van der Waals surface area (Å²) in [5.41, 5.74) is 4.41. The number of alkyl halides is 3. The van der Waals surface area contributed by atoms with Crippen molar-refractivity contribution in [2.24, 2.45) is 5.73 Å². The number of aliphatic hydroxyl groups is 1. The van der Waals surface area contributed by atoms with Gasteiger partial charge < -0.3 is 15.9 Å². The number of halogens is 3. The molecule has 0 saturated heterocycles. The van der Waals surface area contributed by atoms with Gasteiger partial charge in [0.15, 0.2) is 0 Å². The smallest absolute Gasteiger partial charge is 0.419 e. The van der Waals surface area contributed by atoms with Crippen molar-refractivity contribution in [3.63, 3.8) is 0 Å². The number of nitrogens with two attached hydrogens (primary N) is 1. The summed E-state index contributed by atoms with van der Waals surface area (Å²) in [6.07, 6.45) is -4.52. The normalized spacial score (nSPS) is 13.8. The Morgan fingerprint density at radius 2 is 1.94 bits per heavy atom. The second-order valence-electron chi connectivity index (χ2n) is 3.36. The molecule has 0 spiro atoms. The van der Waals surface area contributed by atoms with Crippen LogP contribution in [0.4, 0.5) is 13.2 Å². The Labute approximate surface area is 90.3 Å². The Balaban J connectivity index is 3.14. The van der Waals surface area contributed by atoms with Gasteiger partial charge in [0.05, 0.1) is 5.56 Å². The highest BCUT2D eigenvalue weighted by molar-refractivity contribution is 5.43. The maximum Gasteiger partial charge on any atom is 0.419 e. The maximum atomic E-state index is 12.4. The van der Waals surface area contributed by atoms with Crippen LogP contribution >= 0.6 is 0 Å². The third kappa shape index (κ3) is 2.65. The quantitative estimate of drug-likeness (QED) is 0.748. The van der Waals surface area contributed by atoms with E-state index in [1.54, 1.807) is 0 Å². The predicted octanol–water partition coefficient (Wildman–Crippen LogP) is 1.79. The molecule has 0 bridgehead atoms. The molecule has 0 radical (unpaired) electrons. The zero-order chi connectivity index (χ0) is 12.3. The van der Waals surface area contributed by atoms with Gasteiger partial charge in [-0.15, -0.1) is 0 Å². The first-order valence-electron chi connectivity index (χ1n) is 4.63. The van der Waals surface area contributed by atoms with Crippen LogP contribution in [0.25, 0.3) is 0 Å². The van der Waals surface area contributed by atoms with Gasteiger partial charge in [-0.3, -0.25) is 0 Å². The van der Waals surface area contributed by atoms with Gasteiger partial charge in [-0.25, -0.2) is 0 Å². The van der Waals surface area contributed by atoms with E-state index in [0.717, 1.165) is 6.07 Å². The number of aliphatic hydroxyl groups excluding tert-OH is 1. The molecular formula is C10H12F3NO2. The molecule has 0 aromatic heterocycles. The van der Waals surface area contributed by atoms with E-state index in [4.69, 9.17) is 10.8 Å². The van der Waals surface area contributed by atoms with Crippen molar-refractivity contribution in [2.75, 3.05) is 6.61 Å². The monoisotopic (exact) mass is 235 g/mol. The van der Waals surface area contributed by atoms with Crippen molar-refractivity contribution in [1.29, 1.82) is 0 Å². The average molecular weight is 235 g/mol. The number of hydrogen-bond donors (Lipinski definition) is 3. The zero-order valence-corrected chi connectivity index (χ0v) is 8.33. The molecule has 1 rings (SSSR count). The van der Waals surface area contributed by atoms with Crippen LogP contribution in [-0.4, -0.2) is 16.8 Å². The summed E-state index contributed by atoms with van der Waals surface area (Å²) in [7, 11) is 0. The highest BCUT2D eigenvalue weighted by Gasteiger charge is 2.35. The molecule has 0 aliphatic rings. The Morgan fingerprint density at radius 3 is 2.44 bits per heavy atom. The molecule has 0 amide bonds. The van der Waals surface area contributed by atoms with E-state index >= 15 is 0 Å². The molecule has 1 atom stereocenters. The Hall–Kier alpha value is -1.27. The number of phenolic OH excluding ortho intramolecular Hbond substituents is 1. The highest BCUT2D eigenvalue weighted by Crippen LogP contribution is 2.39. The summed E-state index contributed by atoms with van der Waals surface area (Å²) < 4.78 is 37.3. The van der Waals surface area contributed by atoms with Crippen molar-refractivity contribution in [3.05, 3.63) is 29.3 Å². The summed E-state index contributed by atoms with van der Waals surface area (Å²) >= 11 is 0. The van der Waals surface area contributed by atoms with Crippen LogP contribution < -0.4 is 5.73 Å². The third-order valence-corrected chi connectivity index (χ3v) is 2.21. The molecular weight excluding hydrogens is 223 g/mol. The van der Waals surface area contributed by atoms with E-state index in [1.165, 1.54) is 12.1 Å². The summed E-state index contributed by atoms with van der Waals surface area (Å²) in [4.78, 5) is 0. The van der Waals surface area contributed by atoms with Gasteiger partial charge in [-0.1, -0.05) is 12.1 Å². The lowest BCUT2D eigenvalue weighted by Gasteiger charge is -2.16. The number of aromatic hydroxyl groups is 1. The Morgan fingerprint density at radius 1 is 1.31 bits per heavy atom. The van der Waals surface area contributed by atoms with Gasteiger partial charge in [0.25, 0.3) is 0 Å². The number of benzene rings is 1. The first kappa shape index (κ1) is 12.8. The van der Waals surface area contributed by atoms with Gasteiger partial charge in [-0.2, -0.15) is 13.2 Å². The topological polar surface area (TPSA) is 66.5 Å². The van der Waals surface area contributed by atoms with Gasteiger partial charge in [-0.05, 0) is 12.5 Å². The van der Waals surface area contributed by atoms with Crippen LogP contribution in [0.15, 0.2) is 18.2 Å². The predicted molar refractivity (Wildman–Crippen MR) is 51.7 cm³/mol. The molecule has 0 aliphatic carbocycles. The maximum absolute atomic E-state index is 12.4. The lowest BCUT2D eigenvalue weighted by Crippen LogP contribution is -2.14. The van der Waals surface area contributed by atoms with E-state index in [1.807, 2.05) is 0 Å². The van der Waals surface area contributed by atoms with Crippen LogP contribution in [0, 0.1) is 0 Å². The number of hydrogen-bond acceptors (Lipinski definition) is 3.